The van der Waals surface area contributed by atoms with Crippen LogP contribution in [-0.2, 0) is 9.53 Å². The van der Waals surface area contributed by atoms with Crippen LogP contribution in [0.4, 0.5) is 0 Å². The van der Waals surface area contributed by atoms with Crippen LogP contribution < -0.4 is 0 Å². The van der Waals surface area contributed by atoms with Gasteiger partial charge in [-0.1, -0.05) is 0 Å². The van der Waals surface area contributed by atoms with E-state index in [4.69, 9.17) is 16.3 Å². The molecule has 0 aromatic heterocycles. The standard InChI is InChI=1S/C9H16AsClO2/c1-5-13-9(12)7(2)8(6-11)10(3)4/h5-6H2,1-4H3. The predicted molar refractivity (Wildman–Crippen MR) is 57.5 cm³/mol. The zero-order valence-electron chi connectivity index (χ0n) is 8.56. The van der Waals surface area contributed by atoms with Crippen LogP contribution in [0.5, 0.6) is 0 Å². The second kappa shape index (κ2) is 6.50. The summed E-state index contributed by atoms with van der Waals surface area (Å²) in [5.41, 5.74) is 5.03. The van der Waals surface area contributed by atoms with Crippen molar-refractivity contribution >= 4 is 32.2 Å². The molecule has 0 aliphatic carbocycles. The number of ether oxygens (including phenoxy) is 1. The molecule has 0 atom stereocenters. The van der Waals surface area contributed by atoms with Crippen molar-refractivity contribution in [1.82, 2.24) is 0 Å². The molecule has 0 rings (SSSR count). The van der Waals surface area contributed by atoms with Crippen molar-refractivity contribution < 1.29 is 9.53 Å². The van der Waals surface area contributed by atoms with Gasteiger partial charge in [-0.15, -0.1) is 0 Å². The van der Waals surface area contributed by atoms with Crippen molar-refractivity contribution in [2.24, 2.45) is 0 Å². The van der Waals surface area contributed by atoms with Crippen molar-refractivity contribution in [2.75, 3.05) is 12.5 Å². The van der Waals surface area contributed by atoms with Gasteiger partial charge in [-0.2, -0.15) is 0 Å². The van der Waals surface area contributed by atoms with Gasteiger partial charge in [0.1, 0.15) is 0 Å². The number of hydrogen-bond acceptors (Lipinski definition) is 2. The number of esters is 1. The van der Waals surface area contributed by atoms with E-state index in [9.17, 15) is 4.79 Å². The summed E-state index contributed by atoms with van der Waals surface area (Å²) >= 11 is 4.73. The first kappa shape index (κ1) is 13.1. The van der Waals surface area contributed by atoms with E-state index in [1.165, 1.54) is 0 Å². The van der Waals surface area contributed by atoms with Gasteiger partial charge < -0.3 is 0 Å². The van der Waals surface area contributed by atoms with Gasteiger partial charge in [-0.3, -0.25) is 0 Å². The Kier molecular flexibility index (Phi) is 6.53. The molecule has 4 heteroatoms. The Morgan fingerprint density at radius 3 is 2.31 bits per heavy atom. The predicted octanol–water partition coefficient (Wildman–Crippen LogP) is 2.40. The number of carbonyl (C=O) groups excluding carboxylic acids is 1. The second-order valence-corrected chi connectivity index (χ2v) is 7.97. The van der Waals surface area contributed by atoms with Gasteiger partial charge >= 0.3 is 89.4 Å². The van der Waals surface area contributed by atoms with E-state index in [0.29, 0.717) is 18.1 Å². The van der Waals surface area contributed by atoms with E-state index in [1.807, 2.05) is 0 Å². The molecular formula is C9H16AsClO2. The van der Waals surface area contributed by atoms with Crippen LogP contribution in [0.25, 0.3) is 0 Å². The van der Waals surface area contributed by atoms with Crippen LogP contribution >= 0.6 is 11.6 Å². The third-order valence-corrected chi connectivity index (χ3v) is 5.66. The van der Waals surface area contributed by atoms with Crippen LogP contribution in [0.1, 0.15) is 13.8 Å². The summed E-state index contributed by atoms with van der Waals surface area (Å²) in [6, 6.07) is 0. The molecule has 2 nitrogen and oxygen atoms in total. The Hall–Kier alpha value is 0.0584. The molecule has 0 aromatic carbocycles. The number of alkyl halides is 1. The van der Waals surface area contributed by atoms with Crippen molar-refractivity contribution in [3.05, 3.63) is 9.93 Å². The zero-order chi connectivity index (χ0) is 10.4. The summed E-state index contributed by atoms with van der Waals surface area (Å²) < 4.78 is 6.01. The summed E-state index contributed by atoms with van der Waals surface area (Å²) in [5, 5.41) is 0. The van der Waals surface area contributed by atoms with E-state index in [-0.39, 0.29) is 5.97 Å². The van der Waals surface area contributed by atoms with E-state index in [1.54, 1.807) is 13.8 Å². The molecule has 0 amide bonds. The summed E-state index contributed by atoms with van der Waals surface area (Å²) in [6.45, 7) is 4.02. The van der Waals surface area contributed by atoms with Gasteiger partial charge in [-0.25, -0.2) is 0 Å². The van der Waals surface area contributed by atoms with Crippen LogP contribution in [-0.4, -0.2) is 33.1 Å². The van der Waals surface area contributed by atoms with E-state index in [2.05, 4.69) is 11.4 Å². The fourth-order valence-electron chi connectivity index (χ4n) is 0.912. The molecule has 0 heterocycles. The number of rotatable bonds is 4. The Morgan fingerprint density at radius 2 is 2.00 bits per heavy atom. The number of allylic oxidation sites excluding steroid dienone is 1. The number of hydrogen-bond donors (Lipinski definition) is 0. The summed E-state index contributed by atoms with van der Waals surface area (Å²) in [7, 11) is 0. The maximum absolute atomic E-state index is 11.3. The molecule has 0 bridgehead atoms. The van der Waals surface area contributed by atoms with Crippen LogP contribution in [0.15, 0.2) is 9.93 Å². The summed E-state index contributed by atoms with van der Waals surface area (Å²) in [6.07, 6.45) is 0. The van der Waals surface area contributed by atoms with Gasteiger partial charge in [0.2, 0.25) is 0 Å². The van der Waals surface area contributed by atoms with E-state index in [0.717, 1.165) is 4.36 Å². The minimum atomic E-state index is -1.04. The van der Waals surface area contributed by atoms with Gasteiger partial charge in [0.15, 0.2) is 0 Å². The van der Waals surface area contributed by atoms with Crippen molar-refractivity contribution in [3.63, 3.8) is 0 Å². The Balaban J connectivity index is 4.64. The van der Waals surface area contributed by atoms with Crippen LogP contribution in [0.3, 0.4) is 0 Å². The van der Waals surface area contributed by atoms with Crippen molar-refractivity contribution in [1.29, 1.82) is 0 Å². The summed E-state index contributed by atoms with van der Waals surface area (Å²) in [4.78, 5) is 11.3. The Morgan fingerprint density at radius 1 is 1.46 bits per heavy atom. The van der Waals surface area contributed by atoms with Gasteiger partial charge in [0, 0.05) is 0 Å². The normalized spacial score (nSPS) is 12.8. The maximum atomic E-state index is 11.3. The average Bonchev–Trinajstić information content (AvgIpc) is 2.05. The molecule has 0 fully saturated rings. The average molecular weight is 267 g/mol. The fraction of sp³-hybridized carbons (Fsp3) is 0.667. The third kappa shape index (κ3) is 4.19. The molecule has 0 radical (unpaired) electrons. The van der Waals surface area contributed by atoms with Gasteiger partial charge in [0.25, 0.3) is 0 Å². The van der Waals surface area contributed by atoms with Crippen molar-refractivity contribution in [3.8, 4) is 0 Å². The Labute approximate surface area is 89.5 Å². The van der Waals surface area contributed by atoms with Crippen LogP contribution in [0.2, 0.25) is 11.4 Å². The molecule has 0 aliphatic rings. The zero-order valence-corrected chi connectivity index (χ0v) is 11.2. The third-order valence-electron chi connectivity index (χ3n) is 1.68. The SMILES string of the molecule is CCOC(=O)C(C)=C(CCl)[As](C)C. The molecule has 0 saturated heterocycles. The van der Waals surface area contributed by atoms with Crippen molar-refractivity contribution in [2.45, 2.75) is 25.3 Å². The molecule has 0 aliphatic heterocycles. The monoisotopic (exact) mass is 266 g/mol. The minimum absolute atomic E-state index is 0.221. The first-order valence-corrected chi connectivity index (χ1v) is 9.37. The molecule has 0 spiro atoms. The quantitative estimate of drug-likeness (QED) is 0.338. The molecule has 0 saturated carbocycles. The number of carbonyl (C=O) groups is 1. The van der Waals surface area contributed by atoms with Gasteiger partial charge in [0.05, 0.1) is 0 Å². The molecule has 0 N–H and O–H groups in total. The Bertz CT molecular complexity index is 212. The fourth-order valence-corrected chi connectivity index (χ4v) is 4.46. The van der Waals surface area contributed by atoms with E-state index < -0.39 is 14.7 Å². The topological polar surface area (TPSA) is 26.3 Å². The molecular weight excluding hydrogens is 250 g/mol. The first-order valence-electron chi connectivity index (χ1n) is 4.14. The summed E-state index contributed by atoms with van der Waals surface area (Å²) in [5.74, 6) is 0.235. The first-order chi connectivity index (χ1) is 6.04. The molecule has 0 unspecified atom stereocenters. The molecule has 76 valence electrons. The van der Waals surface area contributed by atoms with Gasteiger partial charge in [-0.05, 0) is 0 Å². The van der Waals surface area contributed by atoms with E-state index >= 15 is 0 Å². The molecule has 13 heavy (non-hydrogen) atoms. The van der Waals surface area contributed by atoms with Crippen LogP contribution in [0, 0.1) is 0 Å². The number of halogens is 1. The second-order valence-electron chi connectivity index (χ2n) is 2.82. The molecule has 0 aromatic rings.